The van der Waals surface area contributed by atoms with Gasteiger partial charge in [-0.25, -0.2) is 15.0 Å². The van der Waals surface area contributed by atoms with E-state index >= 15 is 0 Å². The Balaban J connectivity index is 1.50. The smallest absolute Gasteiger partial charge is 0.225 e. The van der Waals surface area contributed by atoms with E-state index < -0.39 is 0 Å². The molecule has 136 valence electrons. The van der Waals surface area contributed by atoms with Gasteiger partial charge in [0.05, 0.1) is 11.4 Å². The molecule has 1 saturated heterocycles. The number of piperazine rings is 1. The molecule has 1 aliphatic rings. The molecule has 4 heterocycles. The van der Waals surface area contributed by atoms with E-state index in [4.69, 9.17) is 4.98 Å². The highest BCUT2D eigenvalue weighted by Crippen LogP contribution is 2.24. The fraction of sp³-hybridized carbons (Fsp3) is 0.450. The summed E-state index contributed by atoms with van der Waals surface area (Å²) in [5.74, 6) is 0.838. The molecule has 0 aromatic carbocycles. The summed E-state index contributed by atoms with van der Waals surface area (Å²) in [6.07, 6.45) is 6.18. The summed E-state index contributed by atoms with van der Waals surface area (Å²) in [6, 6.07) is 6.22. The average Bonchev–Trinajstić information content (AvgIpc) is 3.05. The minimum Gasteiger partial charge on any atom is -0.367 e. The van der Waals surface area contributed by atoms with Gasteiger partial charge >= 0.3 is 0 Å². The zero-order valence-electron chi connectivity index (χ0n) is 16.0. The molecular formula is C20H26N6. The van der Waals surface area contributed by atoms with E-state index in [2.05, 4.69) is 69.5 Å². The number of hydrogen-bond donors (Lipinski definition) is 0. The van der Waals surface area contributed by atoms with Gasteiger partial charge in [-0.1, -0.05) is 20.8 Å². The van der Waals surface area contributed by atoms with E-state index in [0.717, 1.165) is 49.2 Å². The van der Waals surface area contributed by atoms with Crippen LogP contribution >= 0.6 is 0 Å². The lowest BCUT2D eigenvalue weighted by Gasteiger charge is -2.36. The van der Waals surface area contributed by atoms with E-state index in [9.17, 15) is 0 Å². The Labute approximate surface area is 154 Å². The molecule has 4 rings (SSSR count). The maximum absolute atomic E-state index is 4.75. The largest absolute Gasteiger partial charge is 0.367 e. The Morgan fingerprint density at radius 2 is 1.62 bits per heavy atom. The first kappa shape index (κ1) is 16.8. The summed E-state index contributed by atoms with van der Waals surface area (Å²) in [5.41, 5.74) is 4.44. The topological polar surface area (TPSA) is 49.6 Å². The molecule has 0 aliphatic carbocycles. The summed E-state index contributed by atoms with van der Waals surface area (Å²) in [7, 11) is 0. The van der Waals surface area contributed by atoms with Gasteiger partial charge in [-0.05, 0) is 25.1 Å². The Morgan fingerprint density at radius 1 is 0.885 bits per heavy atom. The predicted molar refractivity (Wildman–Crippen MR) is 105 cm³/mol. The van der Waals surface area contributed by atoms with E-state index in [0.29, 0.717) is 0 Å². The number of nitrogens with zero attached hydrogens (tertiary/aromatic N) is 6. The first-order valence-electron chi connectivity index (χ1n) is 9.19. The quantitative estimate of drug-likeness (QED) is 0.711. The number of hydrogen-bond acceptors (Lipinski definition) is 5. The molecular weight excluding hydrogens is 324 g/mol. The van der Waals surface area contributed by atoms with Crippen LogP contribution in [0.3, 0.4) is 0 Å². The lowest BCUT2D eigenvalue weighted by molar-refractivity contribution is 0.573. The monoisotopic (exact) mass is 350 g/mol. The van der Waals surface area contributed by atoms with Gasteiger partial charge in [0.15, 0.2) is 0 Å². The maximum Gasteiger partial charge on any atom is 0.225 e. The van der Waals surface area contributed by atoms with Crippen LogP contribution in [0.1, 0.15) is 32.2 Å². The summed E-state index contributed by atoms with van der Waals surface area (Å²) >= 11 is 0. The molecule has 0 radical (unpaired) electrons. The molecule has 6 nitrogen and oxygen atoms in total. The van der Waals surface area contributed by atoms with E-state index in [1.807, 2.05) is 19.2 Å². The van der Waals surface area contributed by atoms with Crippen LogP contribution in [-0.2, 0) is 5.41 Å². The SMILES string of the molecule is Cc1ccnc(N2CCN(c3ccc4nc(C(C)(C)C)cn4c3)CC2)n1. The standard InChI is InChI=1S/C20H26N6/c1-15-7-8-21-19(22-15)25-11-9-24(10-12-25)16-5-6-18-23-17(20(2,3)4)14-26(18)13-16/h5-8,13-14H,9-12H2,1-4H3. The van der Waals surface area contributed by atoms with Crippen LogP contribution in [0.5, 0.6) is 0 Å². The molecule has 26 heavy (non-hydrogen) atoms. The molecule has 0 bridgehead atoms. The zero-order valence-corrected chi connectivity index (χ0v) is 16.0. The van der Waals surface area contributed by atoms with Crippen LogP contribution in [-0.4, -0.2) is 45.5 Å². The summed E-state index contributed by atoms with van der Waals surface area (Å²) in [5, 5.41) is 0. The van der Waals surface area contributed by atoms with Gasteiger partial charge in [-0.15, -0.1) is 0 Å². The molecule has 3 aromatic heterocycles. The number of pyridine rings is 1. The average molecular weight is 350 g/mol. The Morgan fingerprint density at radius 3 is 2.31 bits per heavy atom. The molecule has 0 N–H and O–H groups in total. The maximum atomic E-state index is 4.75. The van der Waals surface area contributed by atoms with Crippen molar-refractivity contribution in [3.05, 3.63) is 48.2 Å². The number of fused-ring (bicyclic) bond motifs is 1. The Bertz CT molecular complexity index is 915. The Kier molecular flexibility index (Phi) is 4.05. The van der Waals surface area contributed by atoms with Gasteiger partial charge in [-0.2, -0.15) is 0 Å². The van der Waals surface area contributed by atoms with Crippen molar-refractivity contribution in [2.24, 2.45) is 0 Å². The molecule has 0 amide bonds. The van der Waals surface area contributed by atoms with E-state index in [-0.39, 0.29) is 5.41 Å². The lowest BCUT2D eigenvalue weighted by atomic mass is 9.93. The molecule has 1 fully saturated rings. The fourth-order valence-electron chi connectivity index (χ4n) is 3.28. The zero-order chi connectivity index (χ0) is 18.3. The third-order valence-electron chi connectivity index (χ3n) is 4.91. The van der Waals surface area contributed by atoms with Crippen molar-refractivity contribution >= 4 is 17.3 Å². The predicted octanol–water partition coefficient (Wildman–Crippen LogP) is 3.06. The van der Waals surface area contributed by atoms with Gasteiger partial charge in [0, 0.05) is 55.9 Å². The second-order valence-corrected chi connectivity index (χ2v) is 8.00. The van der Waals surface area contributed by atoms with Gasteiger partial charge < -0.3 is 14.2 Å². The van der Waals surface area contributed by atoms with Gasteiger partial charge in [0.2, 0.25) is 5.95 Å². The molecule has 0 saturated carbocycles. The van der Waals surface area contributed by atoms with Crippen molar-refractivity contribution in [1.29, 1.82) is 0 Å². The van der Waals surface area contributed by atoms with Crippen molar-refractivity contribution in [2.75, 3.05) is 36.0 Å². The van der Waals surface area contributed by atoms with Crippen LogP contribution < -0.4 is 9.80 Å². The van der Waals surface area contributed by atoms with Gasteiger partial charge in [-0.3, -0.25) is 0 Å². The van der Waals surface area contributed by atoms with E-state index in [1.165, 1.54) is 5.69 Å². The first-order chi connectivity index (χ1) is 12.4. The molecule has 0 spiro atoms. The van der Waals surface area contributed by atoms with Gasteiger partial charge in [0.1, 0.15) is 5.65 Å². The second-order valence-electron chi connectivity index (χ2n) is 8.00. The number of aromatic nitrogens is 4. The number of imidazole rings is 1. The molecule has 0 atom stereocenters. The summed E-state index contributed by atoms with van der Waals surface area (Å²) in [4.78, 5) is 18.4. The third-order valence-corrected chi connectivity index (χ3v) is 4.91. The number of rotatable bonds is 2. The van der Waals surface area contributed by atoms with Crippen LogP contribution in [0.4, 0.5) is 11.6 Å². The highest BCUT2D eigenvalue weighted by molar-refractivity contribution is 5.54. The van der Waals surface area contributed by atoms with Crippen molar-refractivity contribution in [1.82, 2.24) is 19.4 Å². The van der Waals surface area contributed by atoms with Crippen molar-refractivity contribution < 1.29 is 0 Å². The molecule has 1 aliphatic heterocycles. The molecule has 0 unspecified atom stereocenters. The summed E-state index contributed by atoms with van der Waals surface area (Å²) in [6.45, 7) is 12.4. The van der Waals surface area contributed by atoms with E-state index in [1.54, 1.807) is 0 Å². The van der Waals surface area contributed by atoms with Gasteiger partial charge in [0.25, 0.3) is 0 Å². The highest BCUT2D eigenvalue weighted by Gasteiger charge is 2.21. The van der Waals surface area contributed by atoms with Crippen LogP contribution in [0.15, 0.2) is 36.8 Å². The number of aryl methyl sites for hydroxylation is 1. The highest BCUT2D eigenvalue weighted by atomic mass is 15.3. The lowest BCUT2D eigenvalue weighted by Crippen LogP contribution is -2.47. The fourth-order valence-corrected chi connectivity index (χ4v) is 3.28. The molecule has 3 aromatic rings. The van der Waals surface area contributed by atoms with Crippen LogP contribution in [0, 0.1) is 6.92 Å². The normalized spacial score (nSPS) is 15.7. The van der Waals surface area contributed by atoms with Crippen molar-refractivity contribution in [3.8, 4) is 0 Å². The third kappa shape index (κ3) is 3.23. The minimum absolute atomic E-state index is 0.0611. The minimum atomic E-state index is 0.0611. The van der Waals surface area contributed by atoms with Crippen molar-refractivity contribution in [3.63, 3.8) is 0 Å². The molecule has 6 heteroatoms. The van der Waals surface area contributed by atoms with Crippen LogP contribution in [0.25, 0.3) is 5.65 Å². The number of anilines is 2. The van der Waals surface area contributed by atoms with Crippen molar-refractivity contribution in [2.45, 2.75) is 33.1 Å². The van der Waals surface area contributed by atoms with Crippen LogP contribution in [0.2, 0.25) is 0 Å². The summed E-state index contributed by atoms with van der Waals surface area (Å²) < 4.78 is 2.14. The Hall–Kier alpha value is -2.63. The second kappa shape index (κ2) is 6.27. The first-order valence-corrected chi connectivity index (χ1v) is 9.19.